The molecule has 3 rings (SSSR count). The van der Waals surface area contributed by atoms with Crippen LogP contribution in [0.4, 0.5) is 5.69 Å². The Labute approximate surface area is 113 Å². The van der Waals surface area contributed by atoms with Gasteiger partial charge in [0, 0.05) is 11.3 Å². The molecule has 2 N–H and O–H groups in total. The van der Waals surface area contributed by atoms with Crippen LogP contribution in [0.1, 0.15) is 12.6 Å². The van der Waals surface area contributed by atoms with Crippen LogP contribution in [-0.4, -0.2) is 19.7 Å². The predicted molar refractivity (Wildman–Crippen MR) is 72.4 cm³/mol. The topological polar surface area (TPSA) is 90.7 Å². The van der Waals surface area contributed by atoms with Gasteiger partial charge in [0.05, 0.1) is 5.69 Å². The molecule has 0 aliphatic heterocycles. The summed E-state index contributed by atoms with van der Waals surface area (Å²) in [6.45, 7) is 2.01. The molecule has 0 fully saturated rings. The standard InChI is InChI=1S/C12H11N5OS/c1-2-9-10(19-17-15-9)12-14-11(16-18-12)7-4-3-5-8(13)6-7/h3-6H,2,13H2,1H3. The van der Waals surface area contributed by atoms with E-state index in [1.165, 1.54) is 11.5 Å². The second-order valence-electron chi connectivity index (χ2n) is 3.95. The molecule has 2 aromatic heterocycles. The van der Waals surface area contributed by atoms with Crippen molar-refractivity contribution in [3.63, 3.8) is 0 Å². The summed E-state index contributed by atoms with van der Waals surface area (Å²) in [4.78, 5) is 5.19. The number of nitrogens with two attached hydrogens (primary N) is 1. The van der Waals surface area contributed by atoms with E-state index in [-0.39, 0.29) is 0 Å². The molecule has 0 saturated carbocycles. The lowest BCUT2D eigenvalue weighted by molar-refractivity contribution is 0.433. The number of nitrogens with zero attached hydrogens (tertiary/aromatic N) is 4. The van der Waals surface area contributed by atoms with E-state index in [2.05, 4.69) is 19.7 Å². The van der Waals surface area contributed by atoms with E-state index in [1.807, 2.05) is 25.1 Å². The Morgan fingerprint density at radius 1 is 1.37 bits per heavy atom. The van der Waals surface area contributed by atoms with E-state index in [4.69, 9.17) is 10.3 Å². The van der Waals surface area contributed by atoms with Crippen LogP contribution in [0.2, 0.25) is 0 Å². The lowest BCUT2D eigenvalue weighted by Gasteiger charge is -1.95. The molecule has 0 aliphatic carbocycles. The monoisotopic (exact) mass is 273 g/mol. The van der Waals surface area contributed by atoms with Crippen LogP contribution in [0, 0.1) is 0 Å². The number of hydrogen-bond donors (Lipinski definition) is 1. The number of aromatic nitrogens is 4. The summed E-state index contributed by atoms with van der Waals surface area (Å²) in [7, 11) is 0. The van der Waals surface area contributed by atoms with Gasteiger partial charge in [-0.1, -0.05) is 28.7 Å². The molecule has 0 spiro atoms. The van der Waals surface area contributed by atoms with Gasteiger partial charge in [0.25, 0.3) is 5.89 Å². The second kappa shape index (κ2) is 4.77. The fourth-order valence-electron chi connectivity index (χ4n) is 1.71. The molecule has 1 aromatic carbocycles. The molecular weight excluding hydrogens is 262 g/mol. The normalized spacial score (nSPS) is 10.8. The van der Waals surface area contributed by atoms with E-state index >= 15 is 0 Å². The maximum atomic E-state index is 5.74. The first-order valence-electron chi connectivity index (χ1n) is 5.79. The van der Waals surface area contributed by atoms with Gasteiger partial charge in [0.2, 0.25) is 5.82 Å². The van der Waals surface area contributed by atoms with Crippen molar-refractivity contribution < 1.29 is 4.52 Å². The van der Waals surface area contributed by atoms with E-state index in [0.29, 0.717) is 17.4 Å². The molecule has 19 heavy (non-hydrogen) atoms. The molecule has 3 aromatic rings. The minimum atomic E-state index is 0.448. The molecule has 0 atom stereocenters. The third kappa shape index (κ3) is 2.19. The molecular formula is C12H11N5OS. The smallest absolute Gasteiger partial charge is 0.271 e. The highest BCUT2D eigenvalue weighted by Gasteiger charge is 2.16. The minimum absolute atomic E-state index is 0.448. The van der Waals surface area contributed by atoms with Gasteiger partial charge < -0.3 is 10.3 Å². The van der Waals surface area contributed by atoms with Crippen molar-refractivity contribution in [1.29, 1.82) is 0 Å². The van der Waals surface area contributed by atoms with Crippen molar-refractivity contribution in [3.05, 3.63) is 30.0 Å². The lowest BCUT2D eigenvalue weighted by atomic mass is 10.2. The van der Waals surface area contributed by atoms with Crippen molar-refractivity contribution in [2.24, 2.45) is 0 Å². The number of aryl methyl sites for hydroxylation is 1. The van der Waals surface area contributed by atoms with Gasteiger partial charge in [0.15, 0.2) is 0 Å². The van der Waals surface area contributed by atoms with Gasteiger partial charge in [-0.2, -0.15) is 4.98 Å². The molecule has 0 saturated heterocycles. The van der Waals surface area contributed by atoms with Crippen molar-refractivity contribution >= 4 is 17.2 Å². The van der Waals surface area contributed by atoms with Crippen LogP contribution in [0.5, 0.6) is 0 Å². The fraction of sp³-hybridized carbons (Fsp3) is 0.167. The van der Waals surface area contributed by atoms with E-state index < -0.39 is 0 Å². The average Bonchev–Trinajstić information content (AvgIpc) is 3.07. The third-order valence-electron chi connectivity index (χ3n) is 2.66. The van der Waals surface area contributed by atoms with E-state index in [1.54, 1.807) is 6.07 Å². The summed E-state index contributed by atoms with van der Waals surface area (Å²) in [5.41, 5.74) is 8.10. The molecule has 0 amide bonds. The highest BCUT2D eigenvalue weighted by atomic mass is 32.1. The predicted octanol–water partition coefficient (Wildman–Crippen LogP) is 2.40. The summed E-state index contributed by atoms with van der Waals surface area (Å²) < 4.78 is 9.18. The van der Waals surface area contributed by atoms with Gasteiger partial charge in [-0.25, -0.2) is 0 Å². The summed E-state index contributed by atoms with van der Waals surface area (Å²) in [5.74, 6) is 0.960. The molecule has 96 valence electrons. The van der Waals surface area contributed by atoms with Crippen LogP contribution in [0.25, 0.3) is 22.2 Å². The Morgan fingerprint density at radius 2 is 2.26 bits per heavy atom. The van der Waals surface area contributed by atoms with Crippen LogP contribution in [-0.2, 0) is 6.42 Å². The van der Waals surface area contributed by atoms with E-state index in [0.717, 1.165) is 22.6 Å². The van der Waals surface area contributed by atoms with Crippen molar-refractivity contribution in [1.82, 2.24) is 19.7 Å². The second-order valence-corrected chi connectivity index (χ2v) is 4.71. The molecule has 0 aliphatic rings. The first kappa shape index (κ1) is 11.8. The summed E-state index contributed by atoms with van der Waals surface area (Å²) in [6, 6.07) is 7.36. The molecule has 6 nitrogen and oxygen atoms in total. The molecule has 0 radical (unpaired) electrons. The largest absolute Gasteiger partial charge is 0.399 e. The Hall–Kier alpha value is -2.28. The zero-order valence-electron chi connectivity index (χ0n) is 10.2. The number of nitrogen functional groups attached to an aromatic ring is 1. The third-order valence-corrected chi connectivity index (χ3v) is 3.41. The first-order valence-corrected chi connectivity index (χ1v) is 6.56. The number of rotatable bonds is 3. The molecule has 0 unspecified atom stereocenters. The summed E-state index contributed by atoms with van der Waals surface area (Å²) in [5, 5.41) is 8.00. The first-order chi connectivity index (χ1) is 9.28. The quantitative estimate of drug-likeness (QED) is 0.737. The van der Waals surface area contributed by atoms with Crippen LogP contribution in [0.15, 0.2) is 28.8 Å². The highest BCUT2D eigenvalue weighted by molar-refractivity contribution is 7.09. The lowest BCUT2D eigenvalue weighted by Crippen LogP contribution is -1.87. The van der Waals surface area contributed by atoms with Gasteiger partial charge >= 0.3 is 0 Å². The maximum Gasteiger partial charge on any atom is 0.271 e. The van der Waals surface area contributed by atoms with Crippen LogP contribution < -0.4 is 5.73 Å². The average molecular weight is 273 g/mol. The zero-order chi connectivity index (χ0) is 13.2. The SMILES string of the molecule is CCc1nnsc1-c1nc(-c2cccc(N)c2)no1. The summed E-state index contributed by atoms with van der Waals surface area (Å²) in [6.07, 6.45) is 0.780. The minimum Gasteiger partial charge on any atom is -0.399 e. The van der Waals surface area contributed by atoms with Gasteiger partial charge in [0.1, 0.15) is 4.88 Å². The van der Waals surface area contributed by atoms with Gasteiger partial charge in [-0.05, 0) is 30.1 Å². The van der Waals surface area contributed by atoms with Crippen molar-refractivity contribution in [2.45, 2.75) is 13.3 Å². The Kier molecular flexibility index (Phi) is 2.96. The fourth-order valence-corrected chi connectivity index (χ4v) is 2.39. The van der Waals surface area contributed by atoms with Crippen LogP contribution in [0.3, 0.4) is 0 Å². The molecule has 2 heterocycles. The zero-order valence-corrected chi connectivity index (χ0v) is 11.0. The number of benzene rings is 1. The molecule has 7 heteroatoms. The Morgan fingerprint density at radius 3 is 3.05 bits per heavy atom. The number of hydrogen-bond acceptors (Lipinski definition) is 7. The summed E-state index contributed by atoms with van der Waals surface area (Å²) >= 11 is 1.26. The van der Waals surface area contributed by atoms with Gasteiger partial charge in [-0.3, -0.25) is 0 Å². The maximum absolute atomic E-state index is 5.74. The van der Waals surface area contributed by atoms with Gasteiger partial charge in [-0.15, -0.1) is 5.10 Å². The Balaban J connectivity index is 2.00. The highest BCUT2D eigenvalue weighted by Crippen LogP contribution is 2.27. The van der Waals surface area contributed by atoms with Crippen molar-refractivity contribution in [3.8, 4) is 22.2 Å². The van der Waals surface area contributed by atoms with Crippen molar-refractivity contribution in [2.75, 3.05) is 5.73 Å². The van der Waals surface area contributed by atoms with Crippen LogP contribution >= 0.6 is 11.5 Å². The number of anilines is 1. The van der Waals surface area contributed by atoms with E-state index in [9.17, 15) is 0 Å². The molecule has 0 bridgehead atoms. The Bertz CT molecular complexity index is 705.